The summed E-state index contributed by atoms with van der Waals surface area (Å²) in [5.74, 6) is 2.28. The Balaban J connectivity index is 1.76. The van der Waals surface area contributed by atoms with E-state index in [0.29, 0.717) is 12.4 Å². The fraction of sp³-hybridized carbons (Fsp3) is 0.333. The van der Waals surface area contributed by atoms with Crippen LogP contribution in [-0.4, -0.2) is 31.0 Å². The molecule has 1 fully saturated rings. The minimum Gasteiger partial charge on any atom is -0.507 e. The average molecular weight is 370 g/mol. The van der Waals surface area contributed by atoms with E-state index in [1.807, 2.05) is 50.2 Å². The summed E-state index contributed by atoms with van der Waals surface area (Å²) < 4.78 is 17.0. The maximum atomic E-state index is 10.5. The lowest BCUT2D eigenvalue weighted by atomic mass is 9.98. The molecule has 3 rings (SSSR count). The number of hydrazine groups is 1. The lowest BCUT2D eigenvalue weighted by molar-refractivity contribution is 0.170. The van der Waals surface area contributed by atoms with E-state index >= 15 is 0 Å². The number of nitrogens with one attached hydrogen (secondary N) is 2. The molecule has 3 N–H and O–H groups in total. The summed E-state index contributed by atoms with van der Waals surface area (Å²) in [6.07, 6.45) is -0.202. The Bertz CT molecular complexity index is 791. The standard InChI is InChI=1S/C21H26N2O4/c1-13(2)12-26-17-9-10-18(19(24)11-17)20-21(14(3)22-23-20)27-16-7-5-15(25-4)6-8-16/h5-11,14,20-24H,1,12H2,2-4H3. The fourth-order valence-corrected chi connectivity index (χ4v) is 2.99. The molecule has 6 heteroatoms. The average Bonchev–Trinajstić information content (AvgIpc) is 3.01. The molecule has 2 aromatic rings. The smallest absolute Gasteiger partial charge is 0.136 e. The van der Waals surface area contributed by atoms with Crippen molar-refractivity contribution in [2.24, 2.45) is 0 Å². The molecule has 27 heavy (non-hydrogen) atoms. The number of methoxy groups -OCH3 is 1. The van der Waals surface area contributed by atoms with Crippen molar-refractivity contribution in [2.45, 2.75) is 32.0 Å². The lowest BCUT2D eigenvalue weighted by Gasteiger charge is -2.24. The molecule has 0 bridgehead atoms. The van der Waals surface area contributed by atoms with E-state index in [9.17, 15) is 5.11 Å². The van der Waals surface area contributed by atoms with Crippen LogP contribution in [0.25, 0.3) is 0 Å². The summed E-state index contributed by atoms with van der Waals surface area (Å²) in [5, 5.41) is 10.5. The first-order valence-electron chi connectivity index (χ1n) is 8.90. The molecule has 0 saturated carbocycles. The van der Waals surface area contributed by atoms with E-state index < -0.39 is 0 Å². The quantitative estimate of drug-likeness (QED) is 0.650. The Hall–Kier alpha value is -2.70. The Kier molecular flexibility index (Phi) is 5.88. The molecule has 3 unspecified atom stereocenters. The summed E-state index contributed by atoms with van der Waals surface area (Å²) >= 11 is 0. The van der Waals surface area contributed by atoms with Crippen molar-refractivity contribution in [1.29, 1.82) is 0 Å². The van der Waals surface area contributed by atoms with Gasteiger partial charge in [0, 0.05) is 11.6 Å². The van der Waals surface area contributed by atoms with Crippen LogP contribution in [0, 0.1) is 0 Å². The zero-order valence-electron chi connectivity index (χ0n) is 15.9. The molecule has 1 saturated heterocycles. The number of hydrogen-bond donors (Lipinski definition) is 3. The SMILES string of the molecule is C=C(C)COc1ccc(C2NNC(C)C2Oc2ccc(OC)cc2)c(O)c1. The summed E-state index contributed by atoms with van der Waals surface area (Å²) in [4.78, 5) is 0. The Labute approximate surface area is 159 Å². The zero-order chi connectivity index (χ0) is 19.4. The maximum Gasteiger partial charge on any atom is 0.136 e. The normalized spacial score (nSPS) is 21.7. The van der Waals surface area contributed by atoms with Gasteiger partial charge in [-0.15, -0.1) is 0 Å². The van der Waals surface area contributed by atoms with Gasteiger partial charge in [0.05, 0.1) is 19.2 Å². The van der Waals surface area contributed by atoms with Crippen molar-refractivity contribution in [3.63, 3.8) is 0 Å². The van der Waals surface area contributed by atoms with Gasteiger partial charge in [-0.05, 0) is 55.8 Å². The first kappa shape index (κ1) is 19.1. The van der Waals surface area contributed by atoms with E-state index in [0.717, 1.165) is 22.6 Å². The molecule has 1 aliphatic rings. The third-order valence-electron chi connectivity index (χ3n) is 4.44. The molecular formula is C21H26N2O4. The number of phenolic OH excluding ortho intramolecular Hbond substituents is 1. The van der Waals surface area contributed by atoms with E-state index in [4.69, 9.17) is 14.2 Å². The molecule has 0 aliphatic carbocycles. The van der Waals surface area contributed by atoms with Gasteiger partial charge < -0.3 is 19.3 Å². The summed E-state index contributed by atoms with van der Waals surface area (Å²) in [5.41, 5.74) is 8.06. The number of benzene rings is 2. The predicted octanol–water partition coefficient (Wildman–Crippen LogP) is 3.34. The molecule has 1 heterocycles. The maximum absolute atomic E-state index is 10.5. The van der Waals surface area contributed by atoms with Crippen molar-refractivity contribution in [3.05, 3.63) is 60.2 Å². The van der Waals surface area contributed by atoms with Crippen LogP contribution in [0.1, 0.15) is 25.5 Å². The summed E-state index contributed by atoms with van der Waals surface area (Å²) in [7, 11) is 1.63. The summed E-state index contributed by atoms with van der Waals surface area (Å²) in [6.45, 7) is 8.15. The molecule has 0 aromatic heterocycles. The van der Waals surface area contributed by atoms with Gasteiger partial charge in [0.15, 0.2) is 0 Å². The van der Waals surface area contributed by atoms with Gasteiger partial charge in [-0.1, -0.05) is 6.58 Å². The number of phenols is 1. The van der Waals surface area contributed by atoms with Crippen LogP contribution >= 0.6 is 0 Å². The third-order valence-corrected chi connectivity index (χ3v) is 4.44. The van der Waals surface area contributed by atoms with Crippen LogP contribution in [0.3, 0.4) is 0 Å². The topological polar surface area (TPSA) is 72.0 Å². The molecule has 1 aliphatic heterocycles. The molecular weight excluding hydrogens is 344 g/mol. The van der Waals surface area contributed by atoms with Gasteiger partial charge in [-0.25, -0.2) is 5.43 Å². The van der Waals surface area contributed by atoms with Crippen LogP contribution in [-0.2, 0) is 0 Å². The first-order valence-corrected chi connectivity index (χ1v) is 8.90. The molecule has 2 aromatic carbocycles. The molecule has 3 atom stereocenters. The van der Waals surface area contributed by atoms with Crippen LogP contribution in [0.4, 0.5) is 0 Å². The van der Waals surface area contributed by atoms with Gasteiger partial charge in [0.2, 0.25) is 0 Å². The van der Waals surface area contributed by atoms with Crippen LogP contribution in [0.5, 0.6) is 23.0 Å². The minimum atomic E-state index is -0.211. The second kappa shape index (κ2) is 8.33. The van der Waals surface area contributed by atoms with Crippen molar-refractivity contribution >= 4 is 0 Å². The molecule has 0 spiro atoms. The highest BCUT2D eigenvalue weighted by Gasteiger charge is 2.37. The monoisotopic (exact) mass is 370 g/mol. The van der Waals surface area contributed by atoms with Gasteiger partial charge in [0.25, 0.3) is 0 Å². The highest BCUT2D eigenvalue weighted by atomic mass is 16.5. The molecule has 144 valence electrons. The molecule has 6 nitrogen and oxygen atoms in total. The predicted molar refractivity (Wildman–Crippen MR) is 104 cm³/mol. The van der Waals surface area contributed by atoms with Gasteiger partial charge in [-0.2, -0.15) is 0 Å². The van der Waals surface area contributed by atoms with E-state index in [1.54, 1.807) is 13.2 Å². The minimum absolute atomic E-state index is 0.0517. The van der Waals surface area contributed by atoms with Crippen LogP contribution < -0.4 is 25.1 Å². The number of ether oxygens (including phenoxy) is 3. The van der Waals surface area contributed by atoms with E-state index in [2.05, 4.69) is 17.4 Å². The molecule has 0 amide bonds. The van der Waals surface area contributed by atoms with E-state index in [1.165, 1.54) is 0 Å². The second-order valence-corrected chi connectivity index (χ2v) is 6.78. The van der Waals surface area contributed by atoms with Gasteiger partial charge >= 0.3 is 0 Å². The third kappa shape index (κ3) is 4.53. The lowest BCUT2D eigenvalue weighted by Crippen LogP contribution is -2.33. The highest BCUT2D eigenvalue weighted by molar-refractivity contribution is 5.43. The number of rotatable bonds is 7. The van der Waals surface area contributed by atoms with Crippen LogP contribution in [0.15, 0.2) is 54.6 Å². The van der Waals surface area contributed by atoms with Crippen molar-refractivity contribution in [1.82, 2.24) is 10.9 Å². The number of hydrogen-bond acceptors (Lipinski definition) is 6. The Morgan fingerprint density at radius 1 is 1.07 bits per heavy atom. The van der Waals surface area contributed by atoms with E-state index in [-0.39, 0.29) is 23.9 Å². The number of aromatic hydroxyl groups is 1. The van der Waals surface area contributed by atoms with Crippen molar-refractivity contribution in [3.8, 4) is 23.0 Å². The first-order chi connectivity index (χ1) is 13.0. The fourth-order valence-electron chi connectivity index (χ4n) is 2.99. The largest absolute Gasteiger partial charge is 0.507 e. The Morgan fingerprint density at radius 2 is 1.74 bits per heavy atom. The van der Waals surface area contributed by atoms with Crippen molar-refractivity contribution in [2.75, 3.05) is 13.7 Å². The second-order valence-electron chi connectivity index (χ2n) is 6.78. The van der Waals surface area contributed by atoms with Gasteiger partial charge in [-0.3, -0.25) is 5.43 Å². The highest BCUT2D eigenvalue weighted by Crippen LogP contribution is 2.35. The van der Waals surface area contributed by atoms with Crippen LogP contribution in [0.2, 0.25) is 0 Å². The molecule has 0 radical (unpaired) electrons. The van der Waals surface area contributed by atoms with Gasteiger partial charge in [0.1, 0.15) is 35.7 Å². The Morgan fingerprint density at radius 3 is 2.37 bits per heavy atom. The summed E-state index contributed by atoms with van der Waals surface area (Å²) in [6, 6.07) is 12.6. The van der Waals surface area contributed by atoms with Crippen molar-refractivity contribution < 1.29 is 19.3 Å². The zero-order valence-corrected chi connectivity index (χ0v) is 15.9.